The van der Waals surface area contributed by atoms with Crippen LogP contribution in [0.3, 0.4) is 0 Å². The minimum atomic E-state index is -1.32. The fraction of sp³-hybridized carbons (Fsp3) is 0.240. The van der Waals surface area contributed by atoms with Crippen LogP contribution in [-0.2, 0) is 4.74 Å². The number of aliphatic hydroxyl groups is 2. The zero-order valence-corrected chi connectivity index (χ0v) is 18.0. The summed E-state index contributed by atoms with van der Waals surface area (Å²) in [6.07, 6.45) is -3.34. The SMILES string of the molecule is Cc1cc([N+](=O)[O-])ccc1C(O)C(O)CNC(=O)OCC1c2ccccc2-c2ccccc21. The number of non-ortho nitro benzene ring substituents is 1. The van der Waals surface area contributed by atoms with Gasteiger partial charge in [0.1, 0.15) is 18.8 Å². The average Bonchev–Trinajstić information content (AvgIpc) is 3.14. The van der Waals surface area contributed by atoms with Crippen LogP contribution in [0.25, 0.3) is 11.1 Å². The Labute approximate surface area is 190 Å². The van der Waals surface area contributed by atoms with Gasteiger partial charge < -0.3 is 20.3 Å². The first-order valence-electron chi connectivity index (χ1n) is 10.6. The van der Waals surface area contributed by atoms with E-state index in [0.717, 1.165) is 22.3 Å². The van der Waals surface area contributed by atoms with Crippen LogP contribution in [0.1, 0.15) is 34.3 Å². The molecule has 3 aromatic rings. The van der Waals surface area contributed by atoms with Crippen LogP contribution < -0.4 is 5.32 Å². The largest absolute Gasteiger partial charge is 0.449 e. The van der Waals surface area contributed by atoms with Crippen molar-refractivity contribution in [2.75, 3.05) is 13.2 Å². The van der Waals surface area contributed by atoms with E-state index < -0.39 is 23.2 Å². The molecule has 0 saturated carbocycles. The number of carbonyl (C=O) groups excluding carboxylic acids is 1. The fourth-order valence-electron chi connectivity index (χ4n) is 4.26. The molecule has 0 heterocycles. The number of fused-ring (bicyclic) bond motifs is 3. The maximum atomic E-state index is 12.3. The summed E-state index contributed by atoms with van der Waals surface area (Å²) in [6.45, 7) is 1.51. The third kappa shape index (κ3) is 4.57. The molecule has 3 aromatic carbocycles. The van der Waals surface area contributed by atoms with Gasteiger partial charge in [-0.15, -0.1) is 0 Å². The van der Waals surface area contributed by atoms with Gasteiger partial charge in [0, 0.05) is 24.6 Å². The van der Waals surface area contributed by atoms with Crippen LogP contribution in [-0.4, -0.2) is 40.5 Å². The molecule has 3 N–H and O–H groups in total. The third-order valence-electron chi connectivity index (χ3n) is 5.95. The monoisotopic (exact) mass is 448 g/mol. The summed E-state index contributed by atoms with van der Waals surface area (Å²) in [5.41, 5.74) is 5.15. The lowest BCUT2D eigenvalue weighted by atomic mass is 9.98. The van der Waals surface area contributed by atoms with E-state index >= 15 is 0 Å². The van der Waals surface area contributed by atoms with E-state index in [1.807, 2.05) is 48.5 Å². The van der Waals surface area contributed by atoms with Crippen molar-refractivity contribution in [3.63, 3.8) is 0 Å². The molecule has 170 valence electrons. The van der Waals surface area contributed by atoms with Crippen molar-refractivity contribution < 1.29 is 24.7 Å². The number of ether oxygens (including phenoxy) is 1. The molecule has 0 bridgehead atoms. The quantitative estimate of drug-likeness (QED) is 0.373. The first kappa shape index (κ1) is 22.4. The molecule has 1 aliphatic carbocycles. The Balaban J connectivity index is 1.34. The third-order valence-corrected chi connectivity index (χ3v) is 5.95. The van der Waals surface area contributed by atoms with Gasteiger partial charge in [0.05, 0.1) is 4.92 Å². The van der Waals surface area contributed by atoms with E-state index in [2.05, 4.69) is 5.32 Å². The van der Waals surface area contributed by atoms with Gasteiger partial charge in [0.2, 0.25) is 0 Å². The highest BCUT2D eigenvalue weighted by Crippen LogP contribution is 2.44. The van der Waals surface area contributed by atoms with Crippen LogP contribution in [0.2, 0.25) is 0 Å². The van der Waals surface area contributed by atoms with Gasteiger partial charge >= 0.3 is 6.09 Å². The number of amides is 1. The molecule has 33 heavy (non-hydrogen) atoms. The van der Waals surface area contributed by atoms with Crippen LogP contribution in [0.5, 0.6) is 0 Å². The highest BCUT2D eigenvalue weighted by molar-refractivity contribution is 5.79. The molecular formula is C25H24N2O6. The van der Waals surface area contributed by atoms with Crippen molar-refractivity contribution in [3.8, 4) is 11.1 Å². The van der Waals surface area contributed by atoms with E-state index in [0.29, 0.717) is 11.1 Å². The standard InChI is InChI=1S/C25H24N2O6/c1-15-12-16(27(31)32)10-11-17(15)24(29)23(28)13-26-25(30)33-14-22-20-8-4-2-6-18(20)19-7-3-5-9-21(19)22/h2-12,22-24,28-29H,13-14H2,1H3,(H,26,30). The summed E-state index contributed by atoms with van der Waals surface area (Å²) in [5.74, 6) is -0.0820. The van der Waals surface area contributed by atoms with Crippen molar-refractivity contribution in [1.82, 2.24) is 5.32 Å². The normalized spacial score (nSPS) is 14.2. The second-order valence-corrected chi connectivity index (χ2v) is 8.02. The molecule has 0 radical (unpaired) electrons. The Morgan fingerprint density at radius 2 is 1.67 bits per heavy atom. The highest BCUT2D eigenvalue weighted by atomic mass is 16.6. The molecule has 8 nitrogen and oxygen atoms in total. The molecule has 0 fully saturated rings. The van der Waals surface area contributed by atoms with Crippen molar-refractivity contribution >= 4 is 11.8 Å². The lowest BCUT2D eigenvalue weighted by Gasteiger charge is -2.20. The molecule has 8 heteroatoms. The maximum Gasteiger partial charge on any atom is 0.407 e. The number of hydrogen-bond acceptors (Lipinski definition) is 6. The number of nitrogens with one attached hydrogen (secondary N) is 1. The number of hydrogen-bond donors (Lipinski definition) is 3. The summed E-state index contributed by atoms with van der Waals surface area (Å²) in [7, 11) is 0. The predicted molar refractivity (Wildman–Crippen MR) is 122 cm³/mol. The fourth-order valence-corrected chi connectivity index (χ4v) is 4.26. The van der Waals surface area contributed by atoms with Gasteiger partial charge in [0.25, 0.3) is 5.69 Å². The molecular weight excluding hydrogens is 424 g/mol. The summed E-state index contributed by atoms with van der Waals surface area (Å²) in [4.78, 5) is 22.6. The topological polar surface area (TPSA) is 122 Å². The Bertz CT molecular complexity index is 1150. The van der Waals surface area contributed by atoms with E-state index in [1.165, 1.54) is 18.2 Å². The van der Waals surface area contributed by atoms with Crippen molar-refractivity contribution in [3.05, 3.63) is 99.1 Å². The number of rotatable bonds is 7. The summed E-state index contributed by atoms with van der Waals surface area (Å²) in [5, 5.41) is 34.1. The van der Waals surface area contributed by atoms with Crippen LogP contribution in [0.15, 0.2) is 66.7 Å². The van der Waals surface area contributed by atoms with Gasteiger partial charge in [-0.1, -0.05) is 48.5 Å². The van der Waals surface area contributed by atoms with E-state index in [9.17, 15) is 25.1 Å². The summed E-state index contributed by atoms with van der Waals surface area (Å²) in [6, 6.07) is 20.0. The molecule has 0 spiro atoms. The molecule has 0 aliphatic heterocycles. The van der Waals surface area contributed by atoms with Gasteiger partial charge in [-0.25, -0.2) is 4.79 Å². The first-order chi connectivity index (χ1) is 15.9. The Kier molecular flexibility index (Phi) is 6.39. The number of carbonyl (C=O) groups is 1. The maximum absolute atomic E-state index is 12.3. The molecule has 4 rings (SSSR count). The molecule has 0 saturated heterocycles. The molecule has 2 atom stereocenters. The number of nitro groups is 1. The second kappa shape index (κ2) is 9.40. The Morgan fingerprint density at radius 1 is 1.06 bits per heavy atom. The van der Waals surface area contributed by atoms with Crippen LogP contribution >= 0.6 is 0 Å². The number of nitrogens with zero attached hydrogens (tertiary/aromatic N) is 1. The first-order valence-corrected chi connectivity index (χ1v) is 10.6. The number of alkyl carbamates (subject to hydrolysis) is 1. The van der Waals surface area contributed by atoms with Gasteiger partial charge in [-0.05, 0) is 46.4 Å². The lowest BCUT2D eigenvalue weighted by Crippen LogP contribution is -2.36. The zero-order valence-electron chi connectivity index (χ0n) is 18.0. The van der Waals surface area contributed by atoms with Crippen molar-refractivity contribution in [1.29, 1.82) is 0 Å². The van der Waals surface area contributed by atoms with Crippen LogP contribution in [0.4, 0.5) is 10.5 Å². The molecule has 1 amide bonds. The summed E-state index contributed by atoms with van der Waals surface area (Å²) < 4.78 is 5.42. The van der Waals surface area contributed by atoms with E-state index in [1.54, 1.807) is 6.92 Å². The van der Waals surface area contributed by atoms with Gasteiger partial charge in [0.15, 0.2) is 0 Å². The predicted octanol–water partition coefficient (Wildman–Crippen LogP) is 3.84. The lowest BCUT2D eigenvalue weighted by molar-refractivity contribution is -0.384. The Morgan fingerprint density at radius 3 is 2.24 bits per heavy atom. The van der Waals surface area contributed by atoms with Gasteiger partial charge in [-0.3, -0.25) is 10.1 Å². The minimum Gasteiger partial charge on any atom is -0.449 e. The molecule has 2 unspecified atom stereocenters. The van der Waals surface area contributed by atoms with E-state index in [4.69, 9.17) is 4.74 Å². The molecule has 1 aliphatic rings. The smallest absolute Gasteiger partial charge is 0.407 e. The number of nitro benzene ring substituents is 1. The van der Waals surface area contributed by atoms with Crippen molar-refractivity contribution in [2.45, 2.75) is 25.0 Å². The van der Waals surface area contributed by atoms with Gasteiger partial charge in [-0.2, -0.15) is 0 Å². The summed E-state index contributed by atoms with van der Waals surface area (Å²) >= 11 is 0. The van der Waals surface area contributed by atoms with Crippen molar-refractivity contribution in [2.24, 2.45) is 0 Å². The number of benzene rings is 3. The number of aryl methyl sites for hydroxylation is 1. The Hall–Kier alpha value is -3.75. The van der Waals surface area contributed by atoms with Crippen LogP contribution in [0, 0.1) is 17.0 Å². The zero-order chi connectivity index (χ0) is 23.5. The molecule has 0 aromatic heterocycles. The average molecular weight is 448 g/mol. The minimum absolute atomic E-state index is 0.0820. The number of aliphatic hydroxyl groups excluding tert-OH is 2. The highest BCUT2D eigenvalue weighted by Gasteiger charge is 2.29. The van der Waals surface area contributed by atoms with E-state index in [-0.39, 0.29) is 24.8 Å². The second-order valence-electron chi connectivity index (χ2n) is 8.02.